The molecule has 1 saturated heterocycles. The maximum atomic E-state index is 13.8. The highest BCUT2D eigenvalue weighted by Crippen LogP contribution is 2.15. The average molecular weight is 719 g/mol. The van der Waals surface area contributed by atoms with Gasteiger partial charge in [-0.2, -0.15) is 0 Å². The molecule has 2 amide bonds. The molecule has 4 rings (SSSR count). The molecule has 1 aliphatic rings. The van der Waals surface area contributed by atoms with E-state index in [1.54, 1.807) is 6.08 Å². The molecular weight excluding hydrogens is 658 g/mol. The SMILES string of the molecule is CC(C)C[C@H](CN[C@H](CCCCN)C(=O)N1CCC(NC(=O)/C=C/c2cc[n+](Cc3ccccc3)cc2)CC1)NC[C@H](N)Cc1ccccc1.Cl. The molecule has 0 saturated carbocycles. The number of rotatable bonds is 20. The van der Waals surface area contributed by atoms with E-state index in [1.807, 2.05) is 71.9 Å². The highest BCUT2D eigenvalue weighted by atomic mass is 35.5. The lowest BCUT2D eigenvalue weighted by atomic mass is 10.00. The second-order valence-electron chi connectivity index (χ2n) is 14.2. The third-order valence-corrected chi connectivity index (χ3v) is 9.33. The minimum absolute atomic E-state index is 0. The van der Waals surface area contributed by atoms with Crippen molar-refractivity contribution in [2.45, 2.75) is 89.5 Å². The number of aromatic nitrogens is 1. The maximum Gasteiger partial charge on any atom is 0.244 e. The molecule has 3 aromatic rings. The van der Waals surface area contributed by atoms with E-state index < -0.39 is 0 Å². The van der Waals surface area contributed by atoms with Gasteiger partial charge in [0.05, 0.1) is 6.04 Å². The Kier molecular flexibility index (Phi) is 18.9. The third-order valence-electron chi connectivity index (χ3n) is 9.33. The van der Waals surface area contributed by atoms with Gasteiger partial charge in [0.25, 0.3) is 0 Å². The Bertz CT molecular complexity index is 1430. The van der Waals surface area contributed by atoms with E-state index in [4.69, 9.17) is 11.5 Å². The van der Waals surface area contributed by atoms with E-state index in [0.29, 0.717) is 38.6 Å². The van der Waals surface area contributed by atoms with E-state index in [1.165, 1.54) is 11.1 Å². The van der Waals surface area contributed by atoms with Crippen LogP contribution >= 0.6 is 12.4 Å². The fraction of sp³-hybridized carbons (Fsp3) is 0.488. The van der Waals surface area contributed by atoms with Crippen LogP contribution in [0.5, 0.6) is 0 Å². The Morgan fingerprint density at radius 3 is 2.18 bits per heavy atom. The normalized spacial score (nSPS) is 15.4. The predicted molar refractivity (Wildman–Crippen MR) is 210 cm³/mol. The quantitative estimate of drug-likeness (QED) is 0.0676. The lowest BCUT2D eigenvalue weighted by Crippen LogP contribution is -2.54. The smallest absolute Gasteiger partial charge is 0.244 e. The van der Waals surface area contributed by atoms with Crippen LogP contribution in [-0.4, -0.2) is 73.6 Å². The van der Waals surface area contributed by atoms with Gasteiger partial charge in [-0.15, -0.1) is 12.4 Å². The molecule has 7 N–H and O–H groups in total. The van der Waals surface area contributed by atoms with Crippen LogP contribution in [0.4, 0.5) is 0 Å². The topological polar surface area (TPSA) is 129 Å². The number of amides is 2. The number of carbonyl (C=O) groups excluding carboxylic acids is 2. The molecule has 3 atom stereocenters. The predicted octanol–water partition coefficient (Wildman–Crippen LogP) is 4.23. The molecule has 1 fully saturated rings. The Labute approximate surface area is 312 Å². The van der Waals surface area contributed by atoms with Gasteiger partial charge in [0, 0.05) is 68.1 Å². The minimum Gasteiger partial charge on any atom is -0.350 e. The van der Waals surface area contributed by atoms with Crippen LogP contribution in [0, 0.1) is 5.92 Å². The lowest BCUT2D eigenvalue weighted by Gasteiger charge is -2.35. The number of halogens is 1. The maximum absolute atomic E-state index is 13.8. The van der Waals surface area contributed by atoms with Crippen molar-refractivity contribution < 1.29 is 14.2 Å². The Morgan fingerprint density at radius 2 is 1.55 bits per heavy atom. The fourth-order valence-corrected chi connectivity index (χ4v) is 6.57. The summed E-state index contributed by atoms with van der Waals surface area (Å²) >= 11 is 0. The number of unbranched alkanes of at least 4 members (excludes halogenated alkanes) is 1. The standard InChI is InChI=1S/C41H59N7O2.ClH/c1-32(2)27-38(44-29-36(43)28-34-11-5-3-6-12-34)30-45-39(15-9-10-22-42)41(50)48-25-20-37(21-26-48)46-40(49)17-16-33-18-23-47(24-19-33)31-35-13-7-4-8-14-35;/h3-8,11-14,16-19,23-24,32,36-39,44-45H,9-10,15,20-22,25-31,42-43H2,1-2H3;1H/p+1/b17-16+;/t36-,38-,39-;/m1./s1. The van der Waals surface area contributed by atoms with E-state index in [9.17, 15) is 9.59 Å². The first-order valence-electron chi connectivity index (χ1n) is 18.6. The van der Waals surface area contributed by atoms with Crippen LogP contribution in [-0.2, 0) is 22.6 Å². The van der Waals surface area contributed by atoms with Crippen molar-refractivity contribution in [3.8, 4) is 0 Å². The van der Waals surface area contributed by atoms with E-state index >= 15 is 0 Å². The number of hydrogen-bond acceptors (Lipinski definition) is 6. The zero-order chi connectivity index (χ0) is 35.6. The highest BCUT2D eigenvalue weighted by Gasteiger charge is 2.29. The van der Waals surface area contributed by atoms with Gasteiger partial charge in [0.2, 0.25) is 11.8 Å². The first-order chi connectivity index (χ1) is 24.3. The molecule has 0 unspecified atom stereocenters. The summed E-state index contributed by atoms with van der Waals surface area (Å²) in [5, 5.41) is 10.5. The number of piperidine rings is 1. The van der Waals surface area contributed by atoms with Crippen molar-refractivity contribution in [3.63, 3.8) is 0 Å². The molecule has 1 aromatic heterocycles. The summed E-state index contributed by atoms with van der Waals surface area (Å²) in [7, 11) is 0. The number of benzene rings is 2. The summed E-state index contributed by atoms with van der Waals surface area (Å²) in [4.78, 5) is 28.5. The number of nitrogens with zero attached hydrogens (tertiary/aromatic N) is 2. The van der Waals surface area contributed by atoms with Crippen LogP contribution in [0.2, 0.25) is 0 Å². The third kappa shape index (κ3) is 15.7. The van der Waals surface area contributed by atoms with E-state index in [0.717, 1.165) is 57.1 Å². The first-order valence-corrected chi connectivity index (χ1v) is 18.6. The average Bonchev–Trinajstić information content (AvgIpc) is 3.12. The molecule has 9 nitrogen and oxygen atoms in total. The number of nitrogens with one attached hydrogen (secondary N) is 3. The van der Waals surface area contributed by atoms with E-state index in [2.05, 4.69) is 58.6 Å². The molecule has 0 bridgehead atoms. The van der Waals surface area contributed by atoms with Crippen molar-refractivity contribution in [2.24, 2.45) is 17.4 Å². The summed E-state index contributed by atoms with van der Waals surface area (Å²) in [6.07, 6.45) is 13.3. The summed E-state index contributed by atoms with van der Waals surface area (Å²) in [5.74, 6) is 0.549. The monoisotopic (exact) mass is 718 g/mol. The van der Waals surface area contributed by atoms with Gasteiger partial charge in [0.1, 0.15) is 0 Å². The van der Waals surface area contributed by atoms with Crippen molar-refractivity contribution >= 4 is 30.3 Å². The molecule has 278 valence electrons. The molecule has 10 heteroatoms. The highest BCUT2D eigenvalue weighted by molar-refractivity contribution is 5.91. The van der Waals surface area contributed by atoms with Crippen molar-refractivity contribution in [3.05, 3.63) is 108 Å². The molecule has 2 heterocycles. The summed E-state index contributed by atoms with van der Waals surface area (Å²) in [6.45, 7) is 8.55. The van der Waals surface area contributed by atoms with Gasteiger partial charge in [-0.3, -0.25) is 9.59 Å². The Balaban J connectivity index is 0.00000702. The molecular formula is C41H61ClN7O2+. The molecule has 51 heavy (non-hydrogen) atoms. The van der Waals surface area contributed by atoms with Crippen LogP contribution in [0.1, 0.15) is 69.1 Å². The Morgan fingerprint density at radius 1 is 0.902 bits per heavy atom. The fourth-order valence-electron chi connectivity index (χ4n) is 6.57. The van der Waals surface area contributed by atoms with Crippen LogP contribution < -0.4 is 32.0 Å². The van der Waals surface area contributed by atoms with Crippen LogP contribution in [0.15, 0.2) is 91.3 Å². The molecule has 2 aromatic carbocycles. The minimum atomic E-state index is -0.262. The second-order valence-corrected chi connectivity index (χ2v) is 14.2. The van der Waals surface area contributed by atoms with E-state index in [-0.39, 0.29) is 48.4 Å². The lowest BCUT2D eigenvalue weighted by molar-refractivity contribution is -0.688. The van der Waals surface area contributed by atoms with Crippen LogP contribution in [0.25, 0.3) is 6.08 Å². The summed E-state index contributed by atoms with van der Waals surface area (Å²) in [5.41, 5.74) is 15.7. The number of likely N-dealkylation sites (tertiary alicyclic amines) is 1. The van der Waals surface area contributed by atoms with Crippen molar-refractivity contribution in [1.82, 2.24) is 20.9 Å². The molecule has 0 radical (unpaired) electrons. The van der Waals surface area contributed by atoms with Gasteiger partial charge in [-0.05, 0) is 68.2 Å². The zero-order valence-electron chi connectivity index (χ0n) is 30.6. The van der Waals surface area contributed by atoms with Gasteiger partial charge in [-0.25, -0.2) is 4.57 Å². The molecule has 0 spiro atoms. The second kappa shape index (κ2) is 23.1. The van der Waals surface area contributed by atoms with Crippen LogP contribution in [0.3, 0.4) is 0 Å². The van der Waals surface area contributed by atoms with Crippen molar-refractivity contribution in [1.29, 1.82) is 0 Å². The summed E-state index contributed by atoms with van der Waals surface area (Å²) in [6, 6.07) is 24.7. The number of carbonyl (C=O) groups is 2. The van der Waals surface area contributed by atoms with Gasteiger partial charge < -0.3 is 32.3 Å². The Hall–Kier alpha value is -3.60. The van der Waals surface area contributed by atoms with Gasteiger partial charge in [-0.1, -0.05) is 80.9 Å². The zero-order valence-corrected chi connectivity index (χ0v) is 31.4. The number of nitrogens with two attached hydrogens (primary N) is 2. The number of pyridine rings is 1. The van der Waals surface area contributed by atoms with Gasteiger partial charge in [0.15, 0.2) is 18.9 Å². The van der Waals surface area contributed by atoms with Crippen molar-refractivity contribution in [2.75, 3.05) is 32.7 Å². The largest absolute Gasteiger partial charge is 0.350 e. The first kappa shape index (κ1) is 41.8. The number of hydrogen-bond donors (Lipinski definition) is 5. The summed E-state index contributed by atoms with van der Waals surface area (Å²) < 4.78 is 2.12. The molecule has 1 aliphatic heterocycles. The molecule has 0 aliphatic carbocycles. The van der Waals surface area contributed by atoms with Gasteiger partial charge >= 0.3 is 0 Å².